The lowest BCUT2D eigenvalue weighted by Gasteiger charge is -2.21. The molecule has 0 fully saturated rings. The highest BCUT2D eigenvalue weighted by Gasteiger charge is 2.29. The predicted molar refractivity (Wildman–Crippen MR) is 84.7 cm³/mol. The van der Waals surface area contributed by atoms with Gasteiger partial charge in [-0.1, -0.05) is 36.4 Å². The van der Waals surface area contributed by atoms with Crippen molar-refractivity contribution >= 4 is 8.38 Å². The molecule has 3 rings (SSSR count). The molecule has 0 aliphatic heterocycles. The molecule has 1 N–H and O–H groups in total. The standard InChI is InChI=1S/C17H15O4P/c18-17(16-12-7-13-19-16)22(20-14-8-3-1-4-9-14)21-15-10-5-2-6-11-15/h1-13,17-18H. The third-order valence-corrected chi connectivity index (χ3v) is 4.31. The molecule has 0 spiro atoms. The number of furan rings is 1. The summed E-state index contributed by atoms with van der Waals surface area (Å²) in [6, 6.07) is 21.9. The van der Waals surface area contributed by atoms with E-state index in [1.165, 1.54) is 6.26 Å². The normalized spacial score (nSPS) is 12.1. The Morgan fingerprint density at radius 3 is 1.77 bits per heavy atom. The van der Waals surface area contributed by atoms with Crippen LogP contribution in [0, 0.1) is 0 Å². The Morgan fingerprint density at radius 1 is 0.773 bits per heavy atom. The van der Waals surface area contributed by atoms with E-state index < -0.39 is 14.2 Å². The van der Waals surface area contributed by atoms with Gasteiger partial charge < -0.3 is 18.6 Å². The lowest BCUT2D eigenvalue weighted by atomic mass is 10.3. The molecular weight excluding hydrogens is 299 g/mol. The molecule has 22 heavy (non-hydrogen) atoms. The van der Waals surface area contributed by atoms with Crippen molar-refractivity contribution < 1.29 is 18.6 Å². The summed E-state index contributed by atoms with van der Waals surface area (Å²) in [5.41, 5.74) is 0. The van der Waals surface area contributed by atoms with Crippen LogP contribution < -0.4 is 9.05 Å². The highest BCUT2D eigenvalue weighted by atomic mass is 31.2. The number of aliphatic hydroxyl groups excluding tert-OH is 1. The molecule has 1 aromatic heterocycles. The van der Waals surface area contributed by atoms with Gasteiger partial charge in [-0.25, -0.2) is 0 Å². The molecule has 0 amide bonds. The summed E-state index contributed by atoms with van der Waals surface area (Å²) in [6.07, 6.45) is 1.51. The average Bonchev–Trinajstić information content (AvgIpc) is 3.10. The summed E-state index contributed by atoms with van der Waals surface area (Å²) in [4.78, 5) is 0. The van der Waals surface area contributed by atoms with E-state index in [9.17, 15) is 5.11 Å². The summed E-state index contributed by atoms with van der Waals surface area (Å²) >= 11 is 0. The maximum Gasteiger partial charge on any atom is 0.329 e. The number of para-hydroxylation sites is 2. The van der Waals surface area contributed by atoms with Gasteiger partial charge in [-0.2, -0.15) is 0 Å². The molecular formula is C17H15O4P. The maximum absolute atomic E-state index is 10.5. The molecule has 0 aliphatic rings. The Bertz CT molecular complexity index is 629. The van der Waals surface area contributed by atoms with Crippen LogP contribution in [-0.4, -0.2) is 5.11 Å². The fourth-order valence-electron chi connectivity index (χ4n) is 1.83. The van der Waals surface area contributed by atoms with E-state index >= 15 is 0 Å². The van der Waals surface area contributed by atoms with Gasteiger partial charge >= 0.3 is 8.38 Å². The van der Waals surface area contributed by atoms with Crippen LogP contribution in [0.2, 0.25) is 0 Å². The van der Waals surface area contributed by atoms with Crippen molar-refractivity contribution in [3.63, 3.8) is 0 Å². The van der Waals surface area contributed by atoms with Gasteiger partial charge in [0.25, 0.3) is 0 Å². The molecule has 5 heteroatoms. The molecule has 0 bridgehead atoms. The van der Waals surface area contributed by atoms with Gasteiger partial charge in [0.15, 0.2) is 0 Å². The summed E-state index contributed by atoms with van der Waals surface area (Å²) in [6.45, 7) is 0. The van der Waals surface area contributed by atoms with Crippen LogP contribution in [0.15, 0.2) is 83.5 Å². The van der Waals surface area contributed by atoms with Crippen LogP contribution in [-0.2, 0) is 0 Å². The zero-order chi connectivity index (χ0) is 15.2. The lowest BCUT2D eigenvalue weighted by molar-refractivity contribution is 0.208. The van der Waals surface area contributed by atoms with Crippen LogP contribution >= 0.6 is 8.38 Å². The molecule has 4 nitrogen and oxygen atoms in total. The van der Waals surface area contributed by atoms with E-state index in [-0.39, 0.29) is 0 Å². The van der Waals surface area contributed by atoms with Gasteiger partial charge in [0.2, 0.25) is 5.85 Å². The predicted octanol–water partition coefficient (Wildman–Crippen LogP) is 4.74. The molecule has 0 radical (unpaired) electrons. The minimum atomic E-state index is -1.66. The van der Waals surface area contributed by atoms with Crippen LogP contribution in [0.25, 0.3) is 0 Å². The number of aliphatic hydroxyl groups is 1. The van der Waals surface area contributed by atoms with Crippen molar-refractivity contribution in [2.45, 2.75) is 5.85 Å². The van der Waals surface area contributed by atoms with Crippen molar-refractivity contribution in [1.29, 1.82) is 0 Å². The fourth-order valence-corrected chi connectivity index (χ4v) is 3.08. The van der Waals surface area contributed by atoms with E-state index in [4.69, 9.17) is 13.5 Å². The molecule has 1 heterocycles. The van der Waals surface area contributed by atoms with Gasteiger partial charge in [-0.05, 0) is 36.4 Å². The SMILES string of the molecule is OC(c1ccco1)P(Oc1ccccc1)Oc1ccccc1. The van der Waals surface area contributed by atoms with E-state index in [2.05, 4.69) is 0 Å². The van der Waals surface area contributed by atoms with Gasteiger partial charge in [0, 0.05) is 0 Å². The third kappa shape index (κ3) is 3.67. The first-order chi connectivity index (χ1) is 10.8. The number of benzene rings is 2. The monoisotopic (exact) mass is 314 g/mol. The molecule has 1 atom stereocenters. The summed E-state index contributed by atoms with van der Waals surface area (Å²) in [5.74, 6) is 0.702. The minimum Gasteiger partial charge on any atom is -0.466 e. The third-order valence-electron chi connectivity index (χ3n) is 2.87. The van der Waals surface area contributed by atoms with Crippen molar-refractivity contribution in [2.75, 3.05) is 0 Å². The number of hydrogen-bond donors (Lipinski definition) is 1. The van der Waals surface area contributed by atoms with Gasteiger partial charge in [-0.15, -0.1) is 0 Å². The Hall–Kier alpha value is -2.29. The van der Waals surface area contributed by atoms with Crippen LogP contribution in [0.5, 0.6) is 11.5 Å². The smallest absolute Gasteiger partial charge is 0.329 e. The van der Waals surface area contributed by atoms with E-state index in [0.29, 0.717) is 17.3 Å². The number of rotatable bonds is 6. The first-order valence-corrected chi connectivity index (χ1v) is 8.04. The Morgan fingerprint density at radius 2 is 1.32 bits per heavy atom. The zero-order valence-electron chi connectivity index (χ0n) is 11.7. The first kappa shape index (κ1) is 14.6. The fraction of sp³-hybridized carbons (Fsp3) is 0.0588. The molecule has 2 aromatic carbocycles. The summed E-state index contributed by atoms with van der Waals surface area (Å²) < 4.78 is 16.9. The topological polar surface area (TPSA) is 51.8 Å². The zero-order valence-corrected chi connectivity index (χ0v) is 12.6. The largest absolute Gasteiger partial charge is 0.466 e. The average molecular weight is 314 g/mol. The van der Waals surface area contributed by atoms with E-state index in [1.54, 1.807) is 12.1 Å². The van der Waals surface area contributed by atoms with Crippen LogP contribution in [0.3, 0.4) is 0 Å². The molecule has 112 valence electrons. The van der Waals surface area contributed by atoms with Crippen molar-refractivity contribution in [3.8, 4) is 11.5 Å². The van der Waals surface area contributed by atoms with Crippen LogP contribution in [0.4, 0.5) is 0 Å². The molecule has 3 aromatic rings. The van der Waals surface area contributed by atoms with Crippen molar-refractivity contribution in [3.05, 3.63) is 84.8 Å². The maximum atomic E-state index is 10.5. The highest BCUT2D eigenvalue weighted by molar-refractivity contribution is 7.48. The minimum absolute atomic E-state index is 0.415. The Kier molecular flexibility index (Phi) is 4.74. The van der Waals surface area contributed by atoms with Gasteiger partial charge in [-0.3, -0.25) is 0 Å². The molecule has 0 saturated heterocycles. The van der Waals surface area contributed by atoms with Gasteiger partial charge in [0.05, 0.1) is 6.26 Å². The van der Waals surface area contributed by atoms with E-state index in [1.807, 2.05) is 60.7 Å². The highest BCUT2D eigenvalue weighted by Crippen LogP contribution is 2.51. The Labute approximate surface area is 129 Å². The molecule has 0 aliphatic carbocycles. The second kappa shape index (κ2) is 7.12. The summed E-state index contributed by atoms with van der Waals surface area (Å²) in [7, 11) is -1.66. The van der Waals surface area contributed by atoms with Crippen molar-refractivity contribution in [1.82, 2.24) is 0 Å². The first-order valence-electron chi connectivity index (χ1n) is 6.80. The second-order valence-corrected chi connectivity index (χ2v) is 5.91. The molecule has 0 saturated carbocycles. The van der Waals surface area contributed by atoms with Crippen LogP contribution in [0.1, 0.15) is 11.6 Å². The number of hydrogen-bond acceptors (Lipinski definition) is 4. The van der Waals surface area contributed by atoms with Crippen molar-refractivity contribution in [2.24, 2.45) is 0 Å². The van der Waals surface area contributed by atoms with E-state index in [0.717, 1.165) is 0 Å². The summed E-state index contributed by atoms with van der Waals surface area (Å²) in [5, 5.41) is 10.5. The second-order valence-electron chi connectivity index (χ2n) is 4.48. The Balaban J connectivity index is 1.81. The van der Waals surface area contributed by atoms with Gasteiger partial charge in [0.1, 0.15) is 17.3 Å². The quantitative estimate of drug-likeness (QED) is 0.668. The lowest BCUT2D eigenvalue weighted by Crippen LogP contribution is -2.05. The molecule has 1 unspecified atom stereocenters.